The second-order valence-corrected chi connectivity index (χ2v) is 6.71. The number of rotatable bonds is 3. The molecule has 2 aliphatic rings. The molecule has 5 nitrogen and oxygen atoms in total. The van der Waals surface area contributed by atoms with Crippen LogP contribution in [-0.2, 0) is 6.42 Å². The van der Waals surface area contributed by atoms with Crippen LogP contribution in [0.25, 0.3) is 0 Å². The predicted molar refractivity (Wildman–Crippen MR) is 80.0 cm³/mol. The summed E-state index contributed by atoms with van der Waals surface area (Å²) in [6.45, 7) is 5.76. The van der Waals surface area contributed by atoms with E-state index < -0.39 is 0 Å². The standard InChI is InChI=1S/C14H22N4OS/c1-10-7-17-6-2-3-11(17)8-18(10)14(19)12-9-20-13(16-12)4-5-15/h9-11H,2-8,15H2,1H3. The number of fused-ring (bicyclic) bond motifs is 1. The average molecular weight is 294 g/mol. The van der Waals surface area contributed by atoms with Gasteiger partial charge in [0.05, 0.1) is 5.01 Å². The molecule has 2 unspecified atom stereocenters. The molecule has 110 valence electrons. The van der Waals surface area contributed by atoms with Crippen molar-refractivity contribution >= 4 is 17.2 Å². The number of amides is 1. The van der Waals surface area contributed by atoms with Crippen molar-refractivity contribution in [2.75, 3.05) is 26.2 Å². The van der Waals surface area contributed by atoms with Gasteiger partial charge < -0.3 is 10.6 Å². The highest BCUT2D eigenvalue weighted by molar-refractivity contribution is 7.09. The summed E-state index contributed by atoms with van der Waals surface area (Å²) in [7, 11) is 0. The van der Waals surface area contributed by atoms with E-state index in [2.05, 4.69) is 16.8 Å². The Kier molecular flexibility index (Phi) is 4.05. The van der Waals surface area contributed by atoms with Crippen LogP contribution in [0.5, 0.6) is 0 Å². The minimum absolute atomic E-state index is 0.0866. The zero-order valence-corrected chi connectivity index (χ0v) is 12.7. The van der Waals surface area contributed by atoms with Gasteiger partial charge in [0.1, 0.15) is 5.69 Å². The molecule has 3 heterocycles. The van der Waals surface area contributed by atoms with E-state index in [-0.39, 0.29) is 11.9 Å². The van der Waals surface area contributed by atoms with Gasteiger partial charge in [0.15, 0.2) is 0 Å². The van der Waals surface area contributed by atoms with Crippen LogP contribution in [0.4, 0.5) is 0 Å². The van der Waals surface area contributed by atoms with Crippen LogP contribution in [0.2, 0.25) is 0 Å². The van der Waals surface area contributed by atoms with Crippen LogP contribution in [-0.4, -0.2) is 59.0 Å². The van der Waals surface area contributed by atoms with E-state index in [0.717, 1.165) is 24.5 Å². The van der Waals surface area contributed by atoms with Crippen molar-refractivity contribution in [2.45, 2.75) is 38.3 Å². The van der Waals surface area contributed by atoms with Crippen molar-refractivity contribution in [2.24, 2.45) is 5.73 Å². The molecule has 0 radical (unpaired) electrons. The zero-order valence-electron chi connectivity index (χ0n) is 11.9. The smallest absolute Gasteiger partial charge is 0.273 e. The third kappa shape index (κ3) is 2.60. The second-order valence-electron chi connectivity index (χ2n) is 5.76. The van der Waals surface area contributed by atoms with Gasteiger partial charge >= 0.3 is 0 Å². The second kappa shape index (κ2) is 5.79. The van der Waals surface area contributed by atoms with E-state index in [1.807, 2.05) is 10.3 Å². The third-order valence-corrected chi connectivity index (χ3v) is 5.24. The van der Waals surface area contributed by atoms with E-state index in [9.17, 15) is 4.79 Å². The van der Waals surface area contributed by atoms with E-state index in [0.29, 0.717) is 18.3 Å². The van der Waals surface area contributed by atoms with Crippen LogP contribution < -0.4 is 5.73 Å². The lowest BCUT2D eigenvalue weighted by Gasteiger charge is -2.42. The first-order chi connectivity index (χ1) is 9.69. The molecular weight excluding hydrogens is 272 g/mol. The lowest BCUT2D eigenvalue weighted by Crippen LogP contribution is -2.56. The molecule has 2 atom stereocenters. The number of carbonyl (C=O) groups is 1. The third-order valence-electron chi connectivity index (χ3n) is 4.33. The van der Waals surface area contributed by atoms with E-state index in [1.54, 1.807) is 0 Å². The molecule has 2 fully saturated rings. The van der Waals surface area contributed by atoms with Crippen molar-refractivity contribution in [3.05, 3.63) is 16.1 Å². The first-order valence-corrected chi connectivity index (χ1v) is 8.26. The van der Waals surface area contributed by atoms with Crippen molar-refractivity contribution in [1.82, 2.24) is 14.8 Å². The van der Waals surface area contributed by atoms with Crippen LogP contribution in [0.15, 0.2) is 5.38 Å². The number of hydrogen-bond acceptors (Lipinski definition) is 5. The van der Waals surface area contributed by atoms with Crippen molar-refractivity contribution in [3.8, 4) is 0 Å². The van der Waals surface area contributed by atoms with Crippen LogP contribution >= 0.6 is 11.3 Å². The molecule has 2 N–H and O–H groups in total. The van der Waals surface area contributed by atoms with Gasteiger partial charge in [-0.1, -0.05) is 0 Å². The molecule has 0 aliphatic carbocycles. The number of thiazole rings is 1. The topological polar surface area (TPSA) is 62.5 Å². The highest BCUT2D eigenvalue weighted by Gasteiger charge is 2.37. The first kappa shape index (κ1) is 14.0. The normalized spacial score (nSPS) is 26.8. The number of carbonyl (C=O) groups excluding carboxylic acids is 1. The fourth-order valence-electron chi connectivity index (χ4n) is 3.26. The molecule has 1 amide bonds. The van der Waals surface area contributed by atoms with Gasteiger partial charge in [0.25, 0.3) is 5.91 Å². The SMILES string of the molecule is CC1CN2CCCC2CN1C(=O)c1csc(CCN)n1. The van der Waals surface area contributed by atoms with Crippen LogP contribution in [0.1, 0.15) is 35.3 Å². The van der Waals surface area contributed by atoms with Gasteiger partial charge in [-0.05, 0) is 32.9 Å². The summed E-state index contributed by atoms with van der Waals surface area (Å²) in [6, 6.07) is 0.828. The molecule has 0 bridgehead atoms. The lowest BCUT2D eigenvalue weighted by molar-refractivity contribution is 0.0391. The van der Waals surface area contributed by atoms with Gasteiger partial charge in [-0.15, -0.1) is 11.3 Å². The number of nitrogens with two attached hydrogens (primary N) is 1. The van der Waals surface area contributed by atoms with Crippen molar-refractivity contribution < 1.29 is 4.79 Å². The highest BCUT2D eigenvalue weighted by Crippen LogP contribution is 2.26. The maximum Gasteiger partial charge on any atom is 0.273 e. The predicted octanol–water partition coefficient (Wildman–Crippen LogP) is 0.953. The molecule has 6 heteroatoms. The summed E-state index contributed by atoms with van der Waals surface area (Å²) in [5.41, 5.74) is 6.13. The fraction of sp³-hybridized carbons (Fsp3) is 0.714. The number of aromatic nitrogens is 1. The van der Waals surface area contributed by atoms with Crippen molar-refractivity contribution in [1.29, 1.82) is 0 Å². The Balaban J connectivity index is 1.72. The molecular formula is C14H22N4OS. The summed E-state index contributed by atoms with van der Waals surface area (Å²) in [5, 5.41) is 2.84. The van der Waals surface area contributed by atoms with Gasteiger partial charge in [-0.3, -0.25) is 9.69 Å². The summed E-state index contributed by atoms with van der Waals surface area (Å²) < 4.78 is 0. The molecule has 0 saturated carbocycles. The van der Waals surface area contributed by atoms with Gasteiger partial charge in [0.2, 0.25) is 0 Å². The highest BCUT2D eigenvalue weighted by atomic mass is 32.1. The Morgan fingerprint density at radius 3 is 3.20 bits per heavy atom. The Bertz CT molecular complexity index is 489. The van der Waals surface area contributed by atoms with Gasteiger partial charge in [-0.25, -0.2) is 4.98 Å². The molecule has 0 aromatic carbocycles. The summed E-state index contributed by atoms with van der Waals surface area (Å²) in [6.07, 6.45) is 3.23. The molecule has 3 rings (SSSR count). The number of nitrogens with zero attached hydrogens (tertiary/aromatic N) is 3. The molecule has 1 aromatic rings. The van der Waals surface area contributed by atoms with E-state index >= 15 is 0 Å². The van der Waals surface area contributed by atoms with Crippen LogP contribution in [0.3, 0.4) is 0 Å². The first-order valence-electron chi connectivity index (χ1n) is 7.38. The minimum atomic E-state index is 0.0866. The quantitative estimate of drug-likeness (QED) is 0.902. The lowest BCUT2D eigenvalue weighted by atomic mass is 10.1. The fourth-order valence-corrected chi connectivity index (χ4v) is 4.05. The summed E-state index contributed by atoms with van der Waals surface area (Å²) in [4.78, 5) is 21.6. The molecule has 2 aliphatic heterocycles. The maximum atomic E-state index is 12.6. The number of piperazine rings is 1. The summed E-state index contributed by atoms with van der Waals surface area (Å²) in [5.74, 6) is 0.0866. The number of hydrogen-bond donors (Lipinski definition) is 1. The Hall–Kier alpha value is -0.980. The monoisotopic (exact) mass is 294 g/mol. The summed E-state index contributed by atoms with van der Waals surface area (Å²) >= 11 is 1.54. The van der Waals surface area contributed by atoms with E-state index in [4.69, 9.17) is 5.73 Å². The largest absolute Gasteiger partial charge is 0.332 e. The average Bonchev–Trinajstić information content (AvgIpc) is 3.06. The van der Waals surface area contributed by atoms with Gasteiger partial charge in [-0.2, -0.15) is 0 Å². The van der Waals surface area contributed by atoms with Crippen molar-refractivity contribution in [3.63, 3.8) is 0 Å². The van der Waals surface area contributed by atoms with E-state index in [1.165, 1.54) is 30.7 Å². The van der Waals surface area contributed by atoms with Gasteiger partial charge in [0, 0.05) is 37.0 Å². The Morgan fingerprint density at radius 2 is 2.40 bits per heavy atom. The maximum absolute atomic E-state index is 12.6. The Labute approximate surface area is 123 Å². The minimum Gasteiger partial charge on any atom is -0.332 e. The molecule has 20 heavy (non-hydrogen) atoms. The zero-order chi connectivity index (χ0) is 14.1. The van der Waals surface area contributed by atoms with Crippen LogP contribution in [0, 0.1) is 0 Å². The molecule has 1 aromatic heterocycles. The Morgan fingerprint density at radius 1 is 1.55 bits per heavy atom. The molecule has 2 saturated heterocycles. The molecule has 0 spiro atoms.